The van der Waals surface area contributed by atoms with Gasteiger partial charge in [0.2, 0.25) is 6.41 Å². The van der Waals surface area contributed by atoms with Crippen molar-refractivity contribution >= 4 is 23.9 Å². The summed E-state index contributed by atoms with van der Waals surface area (Å²) >= 11 is 1.67. The molecule has 6 heteroatoms. The normalized spacial score (nSPS) is 17.1. The fourth-order valence-corrected chi connectivity index (χ4v) is 5.81. The van der Waals surface area contributed by atoms with Crippen LogP contribution >= 0.6 is 11.8 Å². The van der Waals surface area contributed by atoms with Gasteiger partial charge in [0.15, 0.2) is 0 Å². The lowest BCUT2D eigenvalue weighted by Gasteiger charge is -2.27. The fraction of sp³-hybridized carbons (Fsp3) is 0.308. The SMILES string of the molecule is Cc1cccc(OCc2cc(=O)n3c(c2C2CC2)SC[C@@H]3N(C=O)c2ccccc2)c1C. The number of aromatic nitrogens is 1. The second kappa shape index (κ2) is 8.51. The van der Waals surface area contributed by atoms with Crippen LogP contribution in [0.2, 0.25) is 0 Å². The Hall–Kier alpha value is -2.99. The van der Waals surface area contributed by atoms with Gasteiger partial charge in [-0.15, -0.1) is 11.8 Å². The first-order chi connectivity index (χ1) is 15.6. The molecule has 2 aromatic carbocycles. The standard InChI is InChI=1S/C26H26N2O3S/c1-17-7-6-10-22(18(17)2)31-14-20-13-24(30)28-23(15-32-26(28)25(20)19-11-12-19)27(16-29)21-8-4-3-5-9-21/h3-10,13,16,19,23H,11-12,14-15H2,1-2H3/t23-/m1/s1. The Morgan fingerprint density at radius 2 is 1.91 bits per heavy atom. The highest BCUT2D eigenvalue weighted by Crippen LogP contribution is 2.49. The van der Waals surface area contributed by atoms with E-state index in [0.29, 0.717) is 18.3 Å². The van der Waals surface area contributed by atoms with Gasteiger partial charge < -0.3 is 4.74 Å². The summed E-state index contributed by atoms with van der Waals surface area (Å²) in [7, 11) is 0. The summed E-state index contributed by atoms with van der Waals surface area (Å²) < 4.78 is 7.98. The first-order valence-corrected chi connectivity index (χ1v) is 12.0. The second-order valence-electron chi connectivity index (χ2n) is 8.50. The van der Waals surface area contributed by atoms with E-state index >= 15 is 0 Å². The van der Waals surface area contributed by atoms with E-state index in [9.17, 15) is 9.59 Å². The fourth-order valence-electron chi connectivity index (χ4n) is 4.39. The van der Waals surface area contributed by atoms with Crippen LogP contribution in [0, 0.1) is 13.8 Å². The van der Waals surface area contributed by atoms with Crippen molar-refractivity contribution in [2.75, 3.05) is 10.7 Å². The van der Waals surface area contributed by atoms with Gasteiger partial charge in [-0.1, -0.05) is 30.3 Å². The molecule has 0 N–H and O–H groups in total. The minimum Gasteiger partial charge on any atom is -0.489 e. The maximum Gasteiger partial charge on any atom is 0.253 e. The molecule has 0 saturated heterocycles. The van der Waals surface area contributed by atoms with Crippen LogP contribution in [0.1, 0.15) is 47.2 Å². The molecule has 1 aromatic heterocycles. The molecule has 164 valence electrons. The number of fused-ring (bicyclic) bond motifs is 1. The number of carbonyl (C=O) groups excluding carboxylic acids is 1. The summed E-state index contributed by atoms with van der Waals surface area (Å²) in [6.07, 6.45) is 2.76. The highest BCUT2D eigenvalue weighted by Gasteiger charge is 2.37. The quantitative estimate of drug-likeness (QED) is 0.469. The summed E-state index contributed by atoms with van der Waals surface area (Å²) in [6, 6.07) is 17.3. The minimum atomic E-state index is -0.325. The van der Waals surface area contributed by atoms with Crippen LogP contribution in [-0.2, 0) is 11.4 Å². The number of ether oxygens (including phenoxy) is 1. The molecule has 2 aliphatic rings. The second-order valence-corrected chi connectivity index (χ2v) is 9.51. The zero-order valence-corrected chi connectivity index (χ0v) is 19.1. The molecular weight excluding hydrogens is 420 g/mol. The van der Waals surface area contributed by atoms with E-state index in [0.717, 1.165) is 46.8 Å². The number of amides is 1. The Kier molecular flexibility index (Phi) is 5.55. The third-order valence-electron chi connectivity index (χ3n) is 6.41. The van der Waals surface area contributed by atoms with E-state index in [-0.39, 0.29) is 11.7 Å². The van der Waals surface area contributed by atoms with Crippen LogP contribution < -0.4 is 15.2 Å². The largest absolute Gasteiger partial charge is 0.489 e. The Labute approximate surface area is 192 Å². The third kappa shape index (κ3) is 3.73. The maximum atomic E-state index is 13.3. The molecule has 0 unspecified atom stereocenters. The van der Waals surface area contributed by atoms with E-state index < -0.39 is 0 Å². The van der Waals surface area contributed by atoms with E-state index in [1.165, 1.54) is 11.1 Å². The number of rotatable bonds is 7. The summed E-state index contributed by atoms with van der Waals surface area (Å²) in [4.78, 5) is 26.9. The topological polar surface area (TPSA) is 51.5 Å². The van der Waals surface area contributed by atoms with Gasteiger partial charge in [0.05, 0.1) is 5.03 Å². The van der Waals surface area contributed by atoms with Crippen LogP contribution in [0.4, 0.5) is 5.69 Å². The smallest absolute Gasteiger partial charge is 0.253 e. The lowest BCUT2D eigenvalue weighted by Crippen LogP contribution is -2.37. The zero-order chi connectivity index (χ0) is 22.2. The lowest BCUT2D eigenvalue weighted by molar-refractivity contribution is -0.108. The van der Waals surface area contributed by atoms with E-state index in [4.69, 9.17) is 4.74 Å². The molecule has 1 atom stereocenters. The van der Waals surface area contributed by atoms with Gasteiger partial charge in [-0.25, -0.2) is 0 Å². The van der Waals surface area contributed by atoms with Crippen LogP contribution in [0.5, 0.6) is 5.75 Å². The number of anilines is 1. The predicted octanol–water partition coefficient (Wildman–Crippen LogP) is 5.19. The van der Waals surface area contributed by atoms with Gasteiger partial charge in [0.1, 0.15) is 18.5 Å². The molecule has 3 aromatic rings. The molecule has 1 aliphatic heterocycles. The maximum absolute atomic E-state index is 13.3. The molecule has 0 bridgehead atoms. The van der Waals surface area contributed by atoms with Crippen LogP contribution in [0.25, 0.3) is 0 Å². The summed E-state index contributed by atoms with van der Waals surface area (Å²) in [5.41, 5.74) is 5.21. The van der Waals surface area contributed by atoms with Crippen molar-refractivity contribution in [3.05, 3.63) is 87.2 Å². The number of nitrogens with zero attached hydrogens (tertiary/aromatic N) is 2. The van der Waals surface area contributed by atoms with Crippen molar-refractivity contribution in [2.24, 2.45) is 0 Å². The van der Waals surface area contributed by atoms with Crippen LogP contribution in [-0.4, -0.2) is 16.7 Å². The summed E-state index contributed by atoms with van der Waals surface area (Å²) in [5, 5.41) is 0.993. The average molecular weight is 447 g/mol. The number of pyridine rings is 1. The van der Waals surface area contributed by atoms with Crippen molar-refractivity contribution in [2.45, 2.75) is 50.4 Å². The molecule has 1 saturated carbocycles. The van der Waals surface area contributed by atoms with Crippen LogP contribution in [0.15, 0.2) is 64.4 Å². The first-order valence-electron chi connectivity index (χ1n) is 11.0. The predicted molar refractivity (Wildman–Crippen MR) is 128 cm³/mol. The Morgan fingerprint density at radius 3 is 2.62 bits per heavy atom. The average Bonchev–Trinajstić information content (AvgIpc) is 3.55. The first kappa shape index (κ1) is 20.9. The van der Waals surface area contributed by atoms with Crippen molar-refractivity contribution in [3.63, 3.8) is 0 Å². The molecule has 5 nitrogen and oxygen atoms in total. The van der Waals surface area contributed by atoms with Gasteiger partial charge in [0.25, 0.3) is 5.56 Å². The molecule has 1 aliphatic carbocycles. The molecule has 32 heavy (non-hydrogen) atoms. The zero-order valence-electron chi connectivity index (χ0n) is 18.3. The Bertz CT molecular complexity index is 1220. The number of thioether (sulfide) groups is 1. The Morgan fingerprint density at radius 1 is 1.12 bits per heavy atom. The summed E-state index contributed by atoms with van der Waals surface area (Å²) in [6.45, 7) is 4.50. The highest BCUT2D eigenvalue weighted by molar-refractivity contribution is 7.99. The summed E-state index contributed by atoms with van der Waals surface area (Å²) in [5.74, 6) is 1.97. The number of hydrogen-bond acceptors (Lipinski definition) is 4. The molecular formula is C26H26N2O3S. The molecule has 1 fully saturated rings. The molecule has 0 radical (unpaired) electrons. The third-order valence-corrected chi connectivity index (χ3v) is 7.57. The van der Waals surface area contributed by atoms with E-state index in [2.05, 4.69) is 19.9 Å². The van der Waals surface area contributed by atoms with E-state index in [1.54, 1.807) is 27.3 Å². The monoisotopic (exact) mass is 446 g/mol. The van der Waals surface area contributed by atoms with Gasteiger partial charge >= 0.3 is 0 Å². The Balaban J connectivity index is 1.51. The molecule has 1 amide bonds. The number of para-hydroxylation sites is 1. The van der Waals surface area contributed by atoms with Crippen molar-refractivity contribution in [1.29, 1.82) is 0 Å². The number of carbonyl (C=O) groups is 1. The number of hydrogen-bond donors (Lipinski definition) is 0. The van der Waals surface area contributed by atoms with Crippen molar-refractivity contribution in [3.8, 4) is 5.75 Å². The van der Waals surface area contributed by atoms with Crippen LogP contribution in [0.3, 0.4) is 0 Å². The van der Waals surface area contributed by atoms with Crippen molar-refractivity contribution in [1.82, 2.24) is 4.57 Å². The molecule has 0 spiro atoms. The van der Waals surface area contributed by atoms with Gasteiger partial charge in [-0.2, -0.15) is 0 Å². The number of benzene rings is 2. The van der Waals surface area contributed by atoms with Crippen molar-refractivity contribution < 1.29 is 9.53 Å². The minimum absolute atomic E-state index is 0.0817. The lowest BCUT2D eigenvalue weighted by atomic mass is 10.1. The van der Waals surface area contributed by atoms with E-state index in [1.807, 2.05) is 42.5 Å². The molecule has 5 rings (SSSR count). The number of aryl methyl sites for hydroxylation is 1. The highest BCUT2D eigenvalue weighted by atomic mass is 32.2. The van der Waals surface area contributed by atoms with Gasteiger partial charge in [0, 0.05) is 23.1 Å². The van der Waals surface area contributed by atoms with Gasteiger partial charge in [-0.05, 0) is 67.5 Å². The van der Waals surface area contributed by atoms with Gasteiger partial charge in [-0.3, -0.25) is 19.1 Å². The molecule has 2 heterocycles.